The van der Waals surface area contributed by atoms with Crippen LogP contribution in [0, 0.1) is 24.0 Å². The molecule has 0 atom stereocenters. The maximum absolute atomic E-state index is 12.8. The Morgan fingerprint density at radius 1 is 1.18 bits per heavy atom. The van der Waals surface area contributed by atoms with Gasteiger partial charge < -0.3 is 9.88 Å². The number of nitrogens with zero attached hydrogens (tertiary/aromatic N) is 3. The number of aryl methyl sites for hydroxylation is 2. The molecular weight excluding hydrogens is 356 g/mol. The molecule has 0 bridgehead atoms. The van der Waals surface area contributed by atoms with Crippen LogP contribution >= 0.6 is 0 Å². The molecule has 1 aliphatic heterocycles. The van der Waals surface area contributed by atoms with Crippen molar-refractivity contribution in [3.05, 3.63) is 69.0 Å². The summed E-state index contributed by atoms with van der Waals surface area (Å²) in [4.78, 5) is 33.3. The predicted octanol–water partition coefficient (Wildman–Crippen LogP) is 4.11. The number of carbonyl (C=O) groups is 1. The highest BCUT2D eigenvalue weighted by Gasteiger charge is 2.27. The number of aromatic nitrogens is 2. The maximum Gasteiger partial charge on any atom is 0.272 e. The summed E-state index contributed by atoms with van der Waals surface area (Å²) < 4.78 is 0. The van der Waals surface area contributed by atoms with Crippen molar-refractivity contribution < 1.29 is 9.72 Å². The minimum absolute atomic E-state index is 0.0374. The van der Waals surface area contributed by atoms with E-state index in [4.69, 9.17) is 4.98 Å². The zero-order chi connectivity index (χ0) is 19.8. The lowest BCUT2D eigenvalue weighted by atomic mass is 9.95. The van der Waals surface area contributed by atoms with E-state index in [1.165, 1.54) is 11.6 Å². The van der Waals surface area contributed by atoms with E-state index in [-0.39, 0.29) is 11.6 Å². The van der Waals surface area contributed by atoms with Gasteiger partial charge in [-0.3, -0.25) is 14.9 Å². The molecule has 1 amide bonds. The molecule has 7 nitrogen and oxygen atoms in total. The average Bonchev–Trinajstić information content (AvgIpc) is 3.10. The van der Waals surface area contributed by atoms with Gasteiger partial charge in [-0.15, -0.1) is 0 Å². The van der Waals surface area contributed by atoms with Crippen molar-refractivity contribution in [1.29, 1.82) is 0 Å². The second-order valence-corrected chi connectivity index (χ2v) is 7.47. The van der Waals surface area contributed by atoms with Crippen LogP contribution < -0.4 is 0 Å². The van der Waals surface area contributed by atoms with E-state index in [0.29, 0.717) is 30.1 Å². The van der Waals surface area contributed by atoms with Gasteiger partial charge in [-0.2, -0.15) is 0 Å². The Labute approximate surface area is 162 Å². The van der Waals surface area contributed by atoms with Crippen molar-refractivity contribution in [2.45, 2.75) is 32.6 Å². The van der Waals surface area contributed by atoms with Gasteiger partial charge in [0, 0.05) is 36.2 Å². The molecule has 1 saturated heterocycles. The van der Waals surface area contributed by atoms with Gasteiger partial charge in [-0.1, -0.05) is 6.07 Å². The summed E-state index contributed by atoms with van der Waals surface area (Å²) in [7, 11) is 0. The van der Waals surface area contributed by atoms with Crippen LogP contribution in [0.4, 0.5) is 5.69 Å². The molecule has 0 radical (unpaired) electrons. The van der Waals surface area contributed by atoms with E-state index in [1.807, 2.05) is 11.0 Å². The van der Waals surface area contributed by atoms with Crippen LogP contribution in [0.15, 0.2) is 36.4 Å². The summed E-state index contributed by atoms with van der Waals surface area (Å²) in [5.41, 5.74) is 4.26. The summed E-state index contributed by atoms with van der Waals surface area (Å²) >= 11 is 0. The molecule has 1 fully saturated rings. The zero-order valence-corrected chi connectivity index (χ0v) is 15.9. The number of likely N-dealkylation sites (tertiary alicyclic amines) is 1. The number of amides is 1. The van der Waals surface area contributed by atoms with Crippen molar-refractivity contribution in [3.63, 3.8) is 0 Å². The Bertz CT molecular complexity index is 1060. The number of fused-ring (bicyclic) bond motifs is 1. The predicted molar refractivity (Wildman–Crippen MR) is 107 cm³/mol. The highest BCUT2D eigenvalue weighted by Crippen LogP contribution is 2.29. The van der Waals surface area contributed by atoms with Crippen LogP contribution in [0.3, 0.4) is 0 Å². The third-order valence-corrected chi connectivity index (χ3v) is 5.47. The van der Waals surface area contributed by atoms with Gasteiger partial charge in [-0.25, -0.2) is 4.98 Å². The molecule has 0 spiro atoms. The molecule has 4 rings (SSSR count). The van der Waals surface area contributed by atoms with Crippen LogP contribution in [-0.2, 0) is 0 Å². The molecule has 3 aromatic rings. The third kappa shape index (κ3) is 3.35. The number of nitro groups is 1. The molecule has 2 heterocycles. The molecule has 28 heavy (non-hydrogen) atoms. The van der Waals surface area contributed by atoms with Crippen LogP contribution in [0.5, 0.6) is 0 Å². The topological polar surface area (TPSA) is 92.1 Å². The van der Waals surface area contributed by atoms with E-state index in [0.717, 1.165) is 29.7 Å². The zero-order valence-electron chi connectivity index (χ0n) is 15.9. The highest BCUT2D eigenvalue weighted by atomic mass is 16.6. The number of carbonyl (C=O) groups excluding carboxylic acids is 1. The number of benzene rings is 2. The summed E-state index contributed by atoms with van der Waals surface area (Å²) in [6.07, 6.45) is 1.69. The van der Waals surface area contributed by atoms with Gasteiger partial charge in [0.15, 0.2) is 0 Å². The first kappa shape index (κ1) is 18.2. The van der Waals surface area contributed by atoms with Crippen molar-refractivity contribution in [2.24, 2.45) is 0 Å². The Morgan fingerprint density at radius 3 is 2.61 bits per heavy atom. The third-order valence-electron chi connectivity index (χ3n) is 5.47. The molecule has 1 aliphatic rings. The van der Waals surface area contributed by atoms with E-state index in [2.05, 4.69) is 24.0 Å². The Kier molecular flexibility index (Phi) is 4.58. The fraction of sp³-hybridized carbons (Fsp3) is 0.333. The molecule has 1 aromatic heterocycles. The second-order valence-electron chi connectivity index (χ2n) is 7.47. The standard InChI is InChI=1S/C21H22N4O3/c1-13-3-5-17-18(11-13)23-20(22-17)15-7-9-24(10-8-15)21(26)16-4-6-19(25(27)28)14(2)12-16/h3-6,11-12,15H,7-10H2,1-2H3,(H,22,23). The second kappa shape index (κ2) is 7.07. The van der Waals surface area contributed by atoms with Crippen LogP contribution in [0.25, 0.3) is 11.0 Å². The summed E-state index contributed by atoms with van der Waals surface area (Å²) in [5, 5.41) is 11.0. The Balaban J connectivity index is 1.45. The lowest BCUT2D eigenvalue weighted by Crippen LogP contribution is -2.38. The smallest absolute Gasteiger partial charge is 0.272 e. The minimum Gasteiger partial charge on any atom is -0.342 e. The summed E-state index contributed by atoms with van der Waals surface area (Å²) in [6, 6.07) is 10.7. The monoisotopic (exact) mass is 378 g/mol. The van der Waals surface area contributed by atoms with Gasteiger partial charge in [0.05, 0.1) is 16.0 Å². The number of H-pyrrole nitrogens is 1. The number of hydrogen-bond donors (Lipinski definition) is 1. The van der Waals surface area contributed by atoms with Gasteiger partial charge >= 0.3 is 0 Å². The normalized spacial score (nSPS) is 15.1. The van der Waals surface area contributed by atoms with E-state index in [9.17, 15) is 14.9 Å². The fourth-order valence-corrected chi connectivity index (χ4v) is 3.87. The molecule has 7 heteroatoms. The van der Waals surface area contributed by atoms with Crippen LogP contribution in [-0.4, -0.2) is 38.8 Å². The van der Waals surface area contributed by atoms with E-state index in [1.54, 1.807) is 19.1 Å². The number of hydrogen-bond acceptors (Lipinski definition) is 4. The SMILES string of the molecule is Cc1ccc2nc(C3CCN(C(=O)c4ccc([N+](=O)[O-])c(C)c4)CC3)[nH]c2c1. The maximum atomic E-state index is 12.8. The molecule has 1 N–H and O–H groups in total. The number of aromatic amines is 1. The number of piperidine rings is 1. The molecular formula is C21H22N4O3. The van der Waals surface area contributed by atoms with Crippen molar-refractivity contribution in [1.82, 2.24) is 14.9 Å². The lowest BCUT2D eigenvalue weighted by molar-refractivity contribution is -0.385. The number of nitrogens with one attached hydrogen (secondary N) is 1. The minimum atomic E-state index is -0.427. The van der Waals surface area contributed by atoms with E-state index < -0.39 is 4.92 Å². The molecule has 0 saturated carbocycles. The van der Waals surface area contributed by atoms with E-state index >= 15 is 0 Å². The van der Waals surface area contributed by atoms with Gasteiger partial charge in [0.25, 0.3) is 11.6 Å². The largest absolute Gasteiger partial charge is 0.342 e. The van der Waals surface area contributed by atoms with Crippen LogP contribution in [0.1, 0.15) is 46.1 Å². The summed E-state index contributed by atoms with van der Waals surface area (Å²) in [6.45, 7) is 5.01. The van der Waals surface area contributed by atoms with Gasteiger partial charge in [-0.05, 0) is 56.5 Å². The van der Waals surface area contributed by atoms with Crippen LogP contribution in [0.2, 0.25) is 0 Å². The first-order valence-electron chi connectivity index (χ1n) is 9.43. The molecule has 0 aliphatic carbocycles. The van der Waals surface area contributed by atoms with Crippen molar-refractivity contribution >= 4 is 22.6 Å². The highest BCUT2D eigenvalue weighted by molar-refractivity contribution is 5.94. The Morgan fingerprint density at radius 2 is 1.93 bits per heavy atom. The quantitative estimate of drug-likeness (QED) is 0.548. The average molecular weight is 378 g/mol. The molecule has 144 valence electrons. The van der Waals surface area contributed by atoms with Crippen molar-refractivity contribution in [2.75, 3.05) is 13.1 Å². The summed E-state index contributed by atoms with van der Waals surface area (Å²) in [5.74, 6) is 1.21. The molecule has 0 unspecified atom stereocenters. The fourth-order valence-electron chi connectivity index (χ4n) is 3.87. The number of rotatable bonds is 3. The first-order valence-corrected chi connectivity index (χ1v) is 9.43. The van der Waals surface area contributed by atoms with Crippen molar-refractivity contribution in [3.8, 4) is 0 Å². The van der Waals surface area contributed by atoms with Gasteiger partial charge in [0.2, 0.25) is 0 Å². The number of imidazole rings is 1. The number of nitro benzene ring substituents is 1. The first-order chi connectivity index (χ1) is 13.4. The lowest BCUT2D eigenvalue weighted by Gasteiger charge is -2.31. The molecule has 2 aromatic carbocycles. The Hall–Kier alpha value is -3.22. The van der Waals surface area contributed by atoms with Gasteiger partial charge in [0.1, 0.15) is 5.82 Å².